The minimum Gasteiger partial charge on any atom is -0.317 e. The molecule has 0 saturated heterocycles. The molecular weight excluding hydrogens is 314 g/mol. The second-order valence-corrected chi connectivity index (χ2v) is 6.44. The molecule has 0 unspecified atom stereocenters. The van der Waals surface area contributed by atoms with E-state index in [1.807, 2.05) is 12.2 Å². The van der Waals surface area contributed by atoms with Gasteiger partial charge in [0.2, 0.25) is 0 Å². The summed E-state index contributed by atoms with van der Waals surface area (Å²) in [5.41, 5.74) is 0. The van der Waals surface area contributed by atoms with Crippen LogP contribution in [0.2, 0.25) is 0 Å². The summed E-state index contributed by atoms with van der Waals surface area (Å²) < 4.78 is 0. The van der Waals surface area contributed by atoms with Crippen molar-refractivity contribution in [1.82, 2.24) is 5.32 Å². The molecule has 0 heterocycles. The second-order valence-electron chi connectivity index (χ2n) is 6.44. The molecule has 0 radical (unpaired) electrons. The molecule has 0 aliphatic rings. The third-order valence-electron chi connectivity index (χ3n) is 3.99. The normalized spacial score (nSPS) is 9.58. The van der Waals surface area contributed by atoms with Gasteiger partial charge in [-0.2, -0.15) is 0 Å². The van der Waals surface area contributed by atoms with Gasteiger partial charge in [-0.25, -0.2) is 0 Å². The highest BCUT2D eigenvalue weighted by Crippen LogP contribution is 2.05. The van der Waals surface area contributed by atoms with Gasteiger partial charge >= 0.3 is 0 Å². The molecule has 0 atom stereocenters. The van der Waals surface area contributed by atoms with Crippen LogP contribution in [0.1, 0.15) is 104 Å². The summed E-state index contributed by atoms with van der Waals surface area (Å²) >= 11 is 0. The van der Waals surface area contributed by atoms with Gasteiger partial charge in [0.05, 0.1) is 0 Å². The second kappa shape index (κ2) is 30.6. The van der Waals surface area contributed by atoms with Gasteiger partial charge in [-0.1, -0.05) is 90.2 Å². The largest absolute Gasteiger partial charge is 0.317 e. The molecule has 0 bridgehead atoms. The smallest absolute Gasteiger partial charge is 0.00489 e. The average Bonchev–Trinajstić information content (AvgIpc) is 2.58. The van der Waals surface area contributed by atoms with E-state index in [1.165, 1.54) is 90.1 Å². The van der Waals surface area contributed by atoms with Crippen molar-refractivity contribution in [2.24, 2.45) is 0 Å². The maximum atomic E-state index is 3.57. The summed E-state index contributed by atoms with van der Waals surface area (Å²) in [5.74, 6) is 0. The minimum atomic E-state index is 0. The van der Waals surface area contributed by atoms with Gasteiger partial charge in [0.25, 0.3) is 0 Å². The van der Waals surface area contributed by atoms with Crippen LogP contribution in [0.4, 0.5) is 0 Å². The molecule has 0 spiro atoms. The molecular formula is C22H46ClN. The van der Waals surface area contributed by atoms with E-state index < -0.39 is 0 Å². The van der Waals surface area contributed by atoms with E-state index in [0.717, 1.165) is 12.8 Å². The van der Waals surface area contributed by atoms with Crippen LogP contribution in [0.3, 0.4) is 0 Å². The zero-order valence-electron chi connectivity index (χ0n) is 16.8. The van der Waals surface area contributed by atoms with Crippen molar-refractivity contribution < 1.29 is 0 Å². The number of halogens is 1. The van der Waals surface area contributed by atoms with Crippen molar-refractivity contribution in [1.29, 1.82) is 0 Å². The van der Waals surface area contributed by atoms with Crippen LogP contribution in [0.25, 0.3) is 0 Å². The third kappa shape index (κ3) is 33.4. The van der Waals surface area contributed by atoms with E-state index in [9.17, 15) is 0 Å². The van der Waals surface area contributed by atoms with E-state index in [1.54, 1.807) is 0 Å². The summed E-state index contributed by atoms with van der Waals surface area (Å²) in [6.07, 6.45) is 22.8. The van der Waals surface area contributed by atoms with E-state index in [0.29, 0.717) is 0 Å². The fraction of sp³-hybridized carbons (Fsp3) is 0.818. The van der Waals surface area contributed by atoms with Gasteiger partial charge in [0, 0.05) is 0 Å². The van der Waals surface area contributed by atoms with E-state index in [-0.39, 0.29) is 12.4 Å². The van der Waals surface area contributed by atoms with Gasteiger partial charge < -0.3 is 5.32 Å². The van der Waals surface area contributed by atoms with Crippen LogP contribution in [-0.2, 0) is 0 Å². The van der Waals surface area contributed by atoms with Crippen LogP contribution in [0.5, 0.6) is 0 Å². The summed E-state index contributed by atoms with van der Waals surface area (Å²) in [5, 5.41) is 3.57. The van der Waals surface area contributed by atoms with Crippen LogP contribution >= 0.6 is 12.4 Å². The first kappa shape index (κ1) is 28.5. The van der Waals surface area contributed by atoms with Crippen molar-refractivity contribution in [3.05, 3.63) is 25.3 Å². The lowest BCUT2D eigenvalue weighted by Gasteiger charge is -2.04. The highest BCUT2D eigenvalue weighted by molar-refractivity contribution is 5.85. The van der Waals surface area contributed by atoms with E-state index in [4.69, 9.17) is 0 Å². The molecule has 0 aliphatic carbocycles. The van der Waals surface area contributed by atoms with Gasteiger partial charge in [-0.15, -0.1) is 25.6 Å². The fourth-order valence-corrected chi connectivity index (χ4v) is 2.42. The fourth-order valence-electron chi connectivity index (χ4n) is 2.42. The first-order valence-electron chi connectivity index (χ1n) is 10.3. The lowest BCUT2D eigenvalue weighted by molar-refractivity contribution is 0.543. The molecule has 0 rings (SSSR count). The van der Waals surface area contributed by atoms with Gasteiger partial charge in [0.15, 0.2) is 0 Å². The lowest BCUT2D eigenvalue weighted by Crippen LogP contribution is -2.16. The summed E-state index contributed by atoms with van der Waals surface area (Å²) in [6.45, 7) is 14.1. The number of rotatable bonds is 17. The predicted molar refractivity (Wildman–Crippen MR) is 116 cm³/mol. The third-order valence-corrected chi connectivity index (χ3v) is 3.99. The van der Waals surface area contributed by atoms with Crippen LogP contribution in [-0.4, -0.2) is 13.1 Å². The van der Waals surface area contributed by atoms with Crippen LogP contribution in [0.15, 0.2) is 25.3 Å². The van der Waals surface area contributed by atoms with Crippen LogP contribution in [0, 0.1) is 0 Å². The highest BCUT2D eigenvalue weighted by atomic mass is 35.5. The maximum absolute atomic E-state index is 3.57. The van der Waals surface area contributed by atoms with Crippen molar-refractivity contribution in [3.8, 4) is 0 Å². The Balaban J connectivity index is -0.000000538. The highest BCUT2D eigenvalue weighted by Gasteiger charge is 1.92. The van der Waals surface area contributed by atoms with E-state index >= 15 is 0 Å². The molecule has 0 fully saturated rings. The first-order valence-corrected chi connectivity index (χ1v) is 10.3. The summed E-state index contributed by atoms with van der Waals surface area (Å²) in [4.78, 5) is 0. The Morgan fingerprint density at radius 2 is 0.917 bits per heavy atom. The standard InChI is InChI=1S/C16H35N.C6H10.ClH/c1-3-5-7-9-11-13-15-17-16-14-12-10-8-6-4-2;1-3-5-6-4-2;/h17H,3-16H2,1-2H3;3-4H,1-2,5-6H2;1H. The quantitative estimate of drug-likeness (QED) is 0.206. The molecule has 0 saturated carbocycles. The maximum Gasteiger partial charge on any atom is -0.00489 e. The molecule has 0 aliphatic heterocycles. The van der Waals surface area contributed by atoms with Gasteiger partial charge in [-0.05, 0) is 38.8 Å². The SMILES string of the molecule is C=CCCC=C.CCCCCCCCNCCCCCCCC.Cl. The molecule has 0 aromatic heterocycles. The van der Waals surface area contributed by atoms with Crippen molar-refractivity contribution >= 4 is 12.4 Å². The minimum absolute atomic E-state index is 0. The molecule has 2 heteroatoms. The Morgan fingerprint density at radius 3 is 1.25 bits per heavy atom. The number of unbranched alkanes of at least 4 members (excludes halogenated alkanes) is 11. The Kier molecular flexibility index (Phi) is 36.4. The molecule has 24 heavy (non-hydrogen) atoms. The van der Waals surface area contributed by atoms with Gasteiger partial charge in [0.1, 0.15) is 0 Å². The molecule has 0 aromatic rings. The summed E-state index contributed by atoms with van der Waals surface area (Å²) in [6, 6.07) is 0. The molecule has 1 N–H and O–H groups in total. The Morgan fingerprint density at radius 1 is 0.583 bits per heavy atom. The topological polar surface area (TPSA) is 12.0 Å². The number of hydrogen-bond acceptors (Lipinski definition) is 1. The van der Waals surface area contributed by atoms with Crippen molar-refractivity contribution in [2.75, 3.05) is 13.1 Å². The average molecular weight is 360 g/mol. The van der Waals surface area contributed by atoms with Gasteiger partial charge in [-0.3, -0.25) is 0 Å². The predicted octanol–water partition coefficient (Wildman–Crippen LogP) is 7.86. The molecule has 0 amide bonds. The molecule has 1 nitrogen and oxygen atoms in total. The Labute approximate surface area is 160 Å². The number of nitrogens with one attached hydrogen (secondary N) is 1. The molecule has 146 valence electrons. The van der Waals surface area contributed by atoms with Crippen molar-refractivity contribution in [3.63, 3.8) is 0 Å². The van der Waals surface area contributed by atoms with E-state index in [2.05, 4.69) is 32.3 Å². The first-order chi connectivity index (χ1) is 11.3. The lowest BCUT2D eigenvalue weighted by atomic mass is 10.1. The zero-order chi connectivity index (χ0) is 17.4. The summed E-state index contributed by atoms with van der Waals surface area (Å²) in [7, 11) is 0. The Hall–Kier alpha value is -0.270. The zero-order valence-corrected chi connectivity index (χ0v) is 17.6. The Bertz CT molecular complexity index is 194. The van der Waals surface area contributed by atoms with Crippen LogP contribution < -0.4 is 5.32 Å². The van der Waals surface area contributed by atoms with Crippen molar-refractivity contribution in [2.45, 2.75) is 104 Å². The number of allylic oxidation sites excluding steroid dienone is 2. The monoisotopic (exact) mass is 359 g/mol. The number of hydrogen-bond donors (Lipinski definition) is 1. The molecule has 0 aromatic carbocycles.